The van der Waals surface area contributed by atoms with E-state index in [0.29, 0.717) is 5.56 Å². The van der Waals surface area contributed by atoms with E-state index in [-0.39, 0.29) is 35.0 Å². The molecule has 0 fully saturated rings. The van der Waals surface area contributed by atoms with E-state index in [0.717, 1.165) is 5.56 Å². The summed E-state index contributed by atoms with van der Waals surface area (Å²) in [7, 11) is -2.00. The van der Waals surface area contributed by atoms with Gasteiger partial charge in [-0.15, -0.1) is 0 Å². The molecule has 0 radical (unpaired) electrons. The molecule has 1 amide bonds. The quantitative estimate of drug-likeness (QED) is 0.889. The van der Waals surface area contributed by atoms with Gasteiger partial charge in [0.2, 0.25) is 5.91 Å². The van der Waals surface area contributed by atoms with Crippen LogP contribution in [0.5, 0.6) is 0 Å². The first-order chi connectivity index (χ1) is 12.3. The lowest BCUT2D eigenvalue weighted by atomic mass is 10.1. The smallest absolute Gasteiger partial charge is 0.263 e. The molecule has 2 aromatic carbocycles. The van der Waals surface area contributed by atoms with Crippen molar-refractivity contribution < 1.29 is 17.6 Å². The monoisotopic (exact) mass is 375 g/mol. The van der Waals surface area contributed by atoms with Gasteiger partial charge >= 0.3 is 0 Å². The van der Waals surface area contributed by atoms with Crippen molar-refractivity contribution in [1.29, 1.82) is 0 Å². The molecule has 1 heterocycles. The molecule has 0 saturated carbocycles. The lowest BCUT2D eigenvalue weighted by molar-refractivity contribution is -0.130. The SMILES string of the molecule is C[C@H](c1ccc(F)cc1)N(C)C(=O)CN=C1NS(=O)(=O)c2ccccc21. The second-order valence-electron chi connectivity index (χ2n) is 6.00. The molecule has 0 unspecified atom stereocenters. The fraction of sp³-hybridized carbons (Fsp3) is 0.222. The molecule has 8 heteroatoms. The Hall–Kier alpha value is -2.74. The predicted molar refractivity (Wildman–Crippen MR) is 95.8 cm³/mol. The third kappa shape index (κ3) is 3.45. The molecule has 1 aliphatic rings. The minimum atomic E-state index is -3.63. The first-order valence-corrected chi connectivity index (χ1v) is 9.46. The summed E-state index contributed by atoms with van der Waals surface area (Å²) in [5.74, 6) is -0.455. The van der Waals surface area contributed by atoms with Crippen molar-refractivity contribution >= 4 is 21.8 Å². The van der Waals surface area contributed by atoms with Crippen LogP contribution in [0.15, 0.2) is 58.4 Å². The number of amidine groups is 1. The molecule has 1 aliphatic heterocycles. The highest BCUT2D eigenvalue weighted by Gasteiger charge is 2.30. The molecule has 6 nitrogen and oxygen atoms in total. The minimum absolute atomic E-state index is 0.152. The fourth-order valence-electron chi connectivity index (χ4n) is 2.69. The van der Waals surface area contributed by atoms with Gasteiger partial charge in [-0.05, 0) is 36.8 Å². The molecular formula is C18H18FN3O3S. The second kappa shape index (κ2) is 6.87. The molecule has 0 bridgehead atoms. The van der Waals surface area contributed by atoms with Gasteiger partial charge < -0.3 is 4.90 Å². The normalized spacial score (nSPS) is 17.4. The van der Waals surface area contributed by atoms with Crippen LogP contribution in [0, 0.1) is 5.82 Å². The van der Waals surface area contributed by atoms with Crippen molar-refractivity contribution in [3.63, 3.8) is 0 Å². The highest BCUT2D eigenvalue weighted by molar-refractivity contribution is 7.90. The third-order valence-electron chi connectivity index (χ3n) is 4.36. The van der Waals surface area contributed by atoms with Gasteiger partial charge in [0.1, 0.15) is 18.2 Å². The average Bonchev–Trinajstić information content (AvgIpc) is 2.90. The number of aliphatic imine (C=N–C) groups is 1. The molecule has 1 atom stereocenters. The standard InChI is InChI=1S/C18H18FN3O3S/c1-12(13-7-9-14(19)10-8-13)22(2)17(23)11-20-18-15-5-3-4-6-16(15)26(24,25)21-18/h3-10,12H,11H2,1-2H3,(H,20,21)/t12-/m1/s1. The average molecular weight is 375 g/mol. The number of carbonyl (C=O) groups excluding carboxylic acids is 1. The van der Waals surface area contributed by atoms with Crippen molar-refractivity contribution in [2.24, 2.45) is 4.99 Å². The van der Waals surface area contributed by atoms with Crippen LogP contribution in [0.4, 0.5) is 4.39 Å². The third-order valence-corrected chi connectivity index (χ3v) is 5.76. The Morgan fingerprint density at radius 3 is 2.54 bits per heavy atom. The minimum Gasteiger partial charge on any atom is -0.337 e. The van der Waals surface area contributed by atoms with Gasteiger partial charge in [0.05, 0.1) is 10.9 Å². The maximum absolute atomic E-state index is 13.0. The van der Waals surface area contributed by atoms with Gasteiger partial charge in [-0.25, -0.2) is 12.8 Å². The zero-order valence-corrected chi connectivity index (χ0v) is 15.1. The molecular weight excluding hydrogens is 357 g/mol. The first kappa shape index (κ1) is 18.1. The second-order valence-corrected chi connectivity index (χ2v) is 7.65. The maximum atomic E-state index is 13.0. The fourth-order valence-corrected chi connectivity index (χ4v) is 3.94. The van der Waals surface area contributed by atoms with Gasteiger partial charge in [0.15, 0.2) is 0 Å². The van der Waals surface area contributed by atoms with Crippen LogP contribution >= 0.6 is 0 Å². The summed E-state index contributed by atoms with van der Waals surface area (Å²) in [5.41, 5.74) is 1.25. The Labute approximate surface area is 151 Å². The number of benzene rings is 2. The van der Waals surface area contributed by atoms with E-state index in [2.05, 4.69) is 9.71 Å². The number of rotatable bonds is 4. The number of amides is 1. The highest BCUT2D eigenvalue weighted by Crippen LogP contribution is 2.22. The zero-order chi connectivity index (χ0) is 18.9. The lowest BCUT2D eigenvalue weighted by Gasteiger charge is -2.24. The number of carbonyl (C=O) groups is 1. The molecule has 26 heavy (non-hydrogen) atoms. The van der Waals surface area contributed by atoms with Crippen LogP contribution in [0.25, 0.3) is 0 Å². The van der Waals surface area contributed by atoms with Crippen molar-refractivity contribution in [3.05, 3.63) is 65.5 Å². The molecule has 3 rings (SSSR count). The lowest BCUT2D eigenvalue weighted by Crippen LogP contribution is -2.32. The van der Waals surface area contributed by atoms with Gasteiger partial charge in [-0.2, -0.15) is 0 Å². The van der Waals surface area contributed by atoms with E-state index in [1.807, 2.05) is 6.92 Å². The summed E-state index contributed by atoms with van der Waals surface area (Å²) in [6.07, 6.45) is 0. The van der Waals surface area contributed by atoms with E-state index < -0.39 is 10.0 Å². The summed E-state index contributed by atoms with van der Waals surface area (Å²) in [4.78, 5) is 18.2. The largest absolute Gasteiger partial charge is 0.337 e. The number of nitrogens with one attached hydrogen (secondary N) is 1. The van der Waals surface area contributed by atoms with Crippen LogP contribution in [0.3, 0.4) is 0 Å². The summed E-state index contributed by atoms with van der Waals surface area (Å²) in [5, 5.41) is 0. The van der Waals surface area contributed by atoms with E-state index in [1.165, 1.54) is 23.1 Å². The van der Waals surface area contributed by atoms with Crippen molar-refractivity contribution in [3.8, 4) is 0 Å². The molecule has 136 valence electrons. The van der Waals surface area contributed by atoms with Gasteiger partial charge in [-0.1, -0.05) is 24.3 Å². The Bertz CT molecular complexity index is 971. The summed E-state index contributed by atoms with van der Waals surface area (Å²) in [6.45, 7) is 1.63. The van der Waals surface area contributed by atoms with E-state index in [1.54, 1.807) is 37.4 Å². The van der Waals surface area contributed by atoms with E-state index in [4.69, 9.17) is 0 Å². The summed E-state index contributed by atoms with van der Waals surface area (Å²) in [6, 6.07) is 12.1. The number of likely N-dealkylation sites (N-methyl/N-ethyl adjacent to an activating group) is 1. The van der Waals surface area contributed by atoms with Crippen molar-refractivity contribution in [2.75, 3.05) is 13.6 Å². The molecule has 0 aliphatic carbocycles. The number of sulfonamides is 1. The Kier molecular flexibility index (Phi) is 4.78. The molecule has 0 saturated heterocycles. The first-order valence-electron chi connectivity index (χ1n) is 7.97. The highest BCUT2D eigenvalue weighted by atomic mass is 32.2. The number of nitrogens with zero attached hydrogens (tertiary/aromatic N) is 2. The molecule has 0 aromatic heterocycles. The van der Waals surface area contributed by atoms with Crippen LogP contribution in [0.1, 0.15) is 24.1 Å². The molecule has 2 aromatic rings. The zero-order valence-electron chi connectivity index (χ0n) is 14.3. The van der Waals surface area contributed by atoms with Gasteiger partial charge in [-0.3, -0.25) is 14.5 Å². The molecule has 0 spiro atoms. The Balaban J connectivity index is 1.74. The van der Waals surface area contributed by atoms with Gasteiger partial charge in [0.25, 0.3) is 10.0 Å². The maximum Gasteiger partial charge on any atom is 0.263 e. The van der Waals surface area contributed by atoms with E-state index in [9.17, 15) is 17.6 Å². The van der Waals surface area contributed by atoms with Crippen LogP contribution in [-0.2, 0) is 14.8 Å². The topological polar surface area (TPSA) is 78.8 Å². The summed E-state index contributed by atoms with van der Waals surface area (Å²) < 4.78 is 39.5. The van der Waals surface area contributed by atoms with Crippen LogP contribution in [-0.4, -0.2) is 38.7 Å². The van der Waals surface area contributed by atoms with Crippen molar-refractivity contribution in [2.45, 2.75) is 17.9 Å². The van der Waals surface area contributed by atoms with Crippen LogP contribution < -0.4 is 4.72 Å². The van der Waals surface area contributed by atoms with Crippen LogP contribution in [0.2, 0.25) is 0 Å². The number of halogens is 1. The van der Waals surface area contributed by atoms with E-state index >= 15 is 0 Å². The molecule has 1 N–H and O–H groups in total. The Morgan fingerprint density at radius 2 is 1.85 bits per heavy atom. The number of hydrogen-bond acceptors (Lipinski definition) is 4. The Morgan fingerprint density at radius 1 is 1.19 bits per heavy atom. The van der Waals surface area contributed by atoms with Gasteiger partial charge in [0, 0.05) is 12.6 Å². The van der Waals surface area contributed by atoms with Crippen molar-refractivity contribution in [1.82, 2.24) is 9.62 Å². The number of fused-ring (bicyclic) bond motifs is 1. The number of hydrogen-bond donors (Lipinski definition) is 1. The predicted octanol–water partition coefficient (Wildman–Crippen LogP) is 2.08. The summed E-state index contributed by atoms with van der Waals surface area (Å²) >= 11 is 0.